The summed E-state index contributed by atoms with van der Waals surface area (Å²) in [4.78, 5) is 2.77. The maximum Gasteiger partial charge on any atom is 0.0560 e. The number of rotatable bonds is 5. The molecule has 0 aromatic carbocycles. The van der Waals surface area contributed by atoms with E-state index in [1.165, 1.54) is 9.75 Å². The zero-order chi connectivity index (χ0) is 11.4. The molecule has 1 N–H and O–H groups in total. The second-order valence-corrected chi connectivity index (χ2v) is 5.39. The molecular weight excluding hydrogens is 218 g/mol. The fourth-order valence-corrected chi connectivity index (χ4v) is 2.45. The highest BCUT2D eigenvalue weighted by atomic mass is 32.1. The first-order valence-electron chi connectivity index (χ1n) is 5.50. The highest BCUT2D eigenvalue weighted by Crippen LogP contribution is 2.14. The van der Waals surface area contributed by atoms with Crippen LogP contribution in [0.1, 0.15) is 16.7 Å². The number of aromatic nitrogens is 2. The van der Waals surface area contributed by atoms with Crippen molar-refractivity contribution in [2.24, 2.45) is 0 Å². The van der Waals surface area contributed by atoms with E-state index in [1.807, 2.05) is 34.5 Å². The number of nitrogens with one attached hydrogen (secondary N) is 1. The molecule has 2 aromatic rings. The topological polar surface area (TPSA) is 29.9 Å². The normalized spacial score (nSPS) is 12.9. The van der Waals surface area contributed by atoms with Gasteiger partial charge in [-0.15, -0.1) is 11.3 Å². The molecule has 0 aliphatic heterocycles. The highest BCUT2D eigenvalue weighted by molar-refractivity contribution is 7.11. The molecule has 4 heteroatoms. The lowest BCUT2D eigenvalue weighted by molar-refractivity contribution is 0.452. The van der Waals surface area contributed by atoms with Crippen molar-refractivity contribution in [1.29, 1.82) is 0 Å². The molecule has 16 heavy (non-hydrogen) atoms. The van der Waals surface area contributed by atoms with Gasteiger partial charge in [0, 0.05) is 34.7 Å². The van der Waals surface area contributed by atoms with Gasteiger partial charge in [-0.05, 0) is 32.0 Å². The lowest BCUT2D eigenvalue weighted by atomic mass is 10.3. The van der Waals surface area contributed by atoms with E-state index in [0.717, 1.165) is 13.1 Å². The predicted molar refractivity (Wildman–Crippen MR) is 67.6 cm³/mol. The van der Waals surface area contributed by atoms with Crippen LogP contribution in [-0.2, 0) is 13.1 Å². The molecule has 86 valence electrons. The number of hydrogen-bond donors (Lipinski definition) is 1. The van der Waals surface area contributed by atoms with Gasteiger partial charge >= 0.3 is 0 Å². The van der Waals surface area contributed by atoms with Crippen molar-refractivity contribution in [1.82, 2.24) is 15.1 Å². The van der Waals surface area contributed by atoms with Crippen LogP contribution in [0.3, 0.4) is 0 Å². The van der Waals surface area contributed by atoms with Crippen LogP contribution in [0.25, 0.3) is 0 Å². The molecule has 1 unspecified atom stereocenters. The van der Waals surface area contributed by atoms with Crippen LogP contribution in [0.15, 0.2) is 30.6 Å². The van der Waals surface area contributed by atoms with E-state index < -0.39 is 0 Å². The molecule has 2 aromatic heterocycles. The van der Waals surface area contributed by atoms with Gasteiger partial charge in [0.1, 0.15) is 0 Å². The van der Waals surface area contributed by atoms with Gasteiger partial charge in [-0.25, -0.2) is 0 Å². The molecule has 0 aliphatic carbocycles. The summed E-state index contributed by atoms with van der Waals surface area (Å²) in [5, 5.41) is 7.69. The third kappa shape index (κ3) is 3.18. The van der Waals surface area contributed by atoms with Crippen molar-refractivity contribution in [3.63, 3.8) is 0 Å². The summed E-state index contributed by atoms with van der Waals surface area (Å²) in [5.41, 5.74) is 0. The third-order valence-electron chi connectivity index (χ3n) is 2.44. The van der Waals surface area contributed by atoms with Crippen LogP contribution in [0.2, 0.25) is 0 Å². The Hall–Kier alpha value is -1.13. The second-order valence-electron chi connectivity index (χ2n) is 4.02. The highest BCUT2D eigenvalue weighted by Gasteiger charge is 2.03. The van der Waals surface area contributed by atoms with Crippen molar-refractivity contribution in [3.8, 4) is 0 Å². The van der Waals surface area contributed by atoms with Crippen molar-refractivity contribution in [3.05, 3.63) is 40.3 Å². The smallest absolute Gasteiger partial charge is 0.0560 e. The largest absolute Gasteiger partial charge is 0.308 e. The second kappa shape index (κ2) is 5.27. The van der Waals surface area contributed by atoms with Crippen molar-refractivity contribution in [2.75, 3.05) is 0 Å². The van der Waals surface area contributed by atoms with E-state index >= 15 is 0 Å². The third-order valence-corrected chi connectivity index (χ3v) is 3.44. The molecule has 3 nitrogen and oxygen atoms in total. The van der Waals surface area contributed by atoms with Crippen LogP contribution < -0.4 is 5.32 Å². The molecule has 1 atom stereocenters. The molecule has 0 radical (unpaired) electrons. The monoisotopic (exact) mass is 235 g/mol. The Morgan fingerprint density at radius 2 is 2.38 bits per heavy atom. The Balaban J connectivity index is 1.77. The zero-order valence-corrected chi connectivity index (χ0v) is 10.5. The minimum Gasteiger partial charge on any atom is -0.308 e. The van der Waals surface area contributed by atoms with Gasteiger partial charge in [-0.1, -0.05) is 0 Å². The van der Waals surface area contributed by atoms with Crippen molar-refractivity contribution < 1.29 is 0 Å². The van der Waals surface area contributed by atoms with Gasteiger partial charge in [-0.3, -0.25) is 4.68 Å². The first kappa shape index (κ1) is 11.4. The van der Waals surface area contributed by atoms with Crippen LogP contribution in [0.4, 0.5) is 0 Å². The first-order chi connectivity index (χ1) is 7.74. The minimum atomic E-state index is 0.433. The van der Waals surface area contributed by atoms with Gasteiger partial charge in [0.15, 0.2) is 0 Å². The maximum absolute atomic E-state index is 4.19. The quantitative estimate of drug-likeness (QED) is 0.862. The summed E-state index contributed by atoms with van der Waals surface area (Å²) in [5.74, 6) is 0. The Kier molecular flexibility index (Phi) is 3.74. The molecule has 0 spiro atoms. The Morgan fingerprint density at radius 3 is 3.00 bits per heavy atom. The summed E-state index contributed by atoms with van der Waals surface area (Å²) in [7, 11) is 0. The maximum atomic E-state index is 4.19. The van der Waals surface area contributed by atoms with Gasteiger partial charge in [0.05, 0.1) is 6.54 Å². The summed E-state index contributed by atoms with van der Waals surface area (Å²) in [6, 6.07) is 6.74. The van der Waals surface area contributed by atoms with Crippen LogP contribution in [0, 0.1) is 6.92 Å². The van der Waals surface area contributed by atoms with E-state index in [0.29, 0.717) is 6.04 Å². The molecule has 0 saturated heterocycles. The zero-order valence-electron chi connectivity index (χ0n) is 9.68. The number of hydrogen-bond acceptors (Lipinski definition) is 3. The molecule has 2 rings (SSSR count). The first-order valence-corrected chi connectivity index (χ1v) is 6.32. The van der Waals surface area contributed by atoms with Gasteiger partial charge < -0.3 is 5.32 Å². The van der Waals surface area contributed by atoms with Gasteiger partial charge in [-0.2, -0.15) is 5.10 Å². The van der Waals surface area contributed by atoms with Crippen LogP contribution in [0.5, 0.6) is 0 Å². The summed E-state index contributed by atoms with van der Waals surface area (Å²) >= 11 is 1.85. The van der Waals surface area contributed by atoms with E-state index in [9.17, 15) is 0 Å². The summed E-state index contributed by atoms with van der Waals surface area (Å²) < 4.78 is 1.96. The van der Waals surface area contributed by atoms with Gasteiger partial charge in [0.25, 0.3) is 0 Å². The molecule has 0 saturated carbocycles. The van der Waals surface area contributed by atoms with E-state index in [2.05, 4.69) is 36.4 Å². The SMILES string of the molecule is Cc1ccc(CNC(C)Cn2cccn2)s1. The molecule has 0 bridgehead atoms. The molecule has 0 aliphatic rings. The Morgan fingerprint density at radius 1 is 1.50 bits per heavy atom. The fraction of sp³-hybridized carbons (Fsp3) is 0.417. The van der Waals surface area contributed by atoms with Crippen molar-refractivity contribution in [2.45, 2.75) is 33.0 Å². The molecule has 0 fully saturated rings. The fourth-order valence-electron chi connectivity index (χ4n) is 1.61. The number of nitrogens with zero attached hydrogens (tertiary/aromatic N) is 2. The number of aryl methyl sites for hydroxylation is 1. The van der Waals surface area contributed by atoms with E-state index in [1.54, 1.807) is 0 Å². The standard InChI is InChI=1S/C12H17N3S/c1-10(9-15-7-3-6-14-15)13-8-12-5-4-11(2)16-12/h3-7,10,13H,8-9H2,1-2H3. The Labute approximate surface area is 100 Å². The lowest BCUT2D eigenvalue weighted by Crippen LogP contribution is -2.29. The average Bonchev–Trinajstić information content (AvgIpc) is 2.87. The number of thiophene rings is 1. The predicted octanol–water partition coefficient (Wildman–Crippen LogP) is 2.43. The lowest BCUT2D eigenvalue weighted by Gasteiger charge is -2.12. The average molecular weight is 235 g/mol. The van der Waals surface area contributed by atoms with Gasteiger partial charge in [0.2, 0.25) is 0 Å². The van der Waals surface area contributed by atoms with Crippen LogP contribution in [-0.4, -0.2) is 15.8 Å². The summed E-state index contributed by atoms with van der Waals surface area (Å²) in [6.07, 6.45) is 3.81. The minimum absolute atomic E-state index is 0.433. The van der Waals surface area contributed by atoms with Crippen molar-refractivity contribution >= 4 is 11.3 Å². The van der Waals surface area contributed by atoms with E-state index in [-0.39, 0.29) is 0 Å². The Bertz CT molecular complexity index is 419. The van der Waals surface area contributed by atoms with Crippen LogP contribution >= 0.6 is 11.3 Å². The molecular formula is C12H17N3S. The molecule has 0 amide bonds. The van der Waals surface area contributed by atoms with E-state index in [4.69, 9.17) is 0 Å². The molecule has 2 heterocycles. The summed E-state index contributed by atoms with van der Waals surface area (Å²) in [6.45, 7) is 6.18.